The molecule has 0 unspecified atom stereocenters. The summed E-state index contributed by atoms with van der Waals surface area (Å²) in [6.45, 7) is 0.218. The van der Waals surface area contributed by atoms with Crippen molar-refractivity contribution in [3.05, 3.63) is 56.5 Å². The second-order valence-electron chi connectivity index (χ2n) is 5.59. The number of benzene rings is 2. The van der Waals surface area contributed by atoms with E-state index >= 15 is 0 Å². The number of hydrogen-bond acceptors (Lipinski definition) is 2. The topological polar surface area (TPSA) is 49.4 Å². The van der Waals surface area contributed by atoms with Crippen molar-refractivity contribution >= 4 is 69.6 Å². The van der Waals surface area contributed by atoms with E-state index in [0.29, 0.717) is 31.5 Å². The summed E-state index contributed by atoms with van der Waals surface area (Å²) in [6, 6.07) is 9.82. The maximum Gasteiger partial charge on any atom is 0.229 e. The number of nitrogens with zero attached hydrogens (tertiary/aromatic N) is 1. The van der Waals surface area contributed by atoms with E-state index < -0.39 is 5.92 Å². The molecule has 2 aromatic rings. The van der Waals surface area contributed by atoms with Crippen LogP contribution in [0.4, 0.5) is 11.4 Å². The van der Waals surface area contributed by atoms with E-state index in [2.05, 4.69) is 5.32 Å². The van der Waals surface area contributed by atoms with Crippen molar-refractivity contribution in [1.29, 1.82) is 0 Å². The molecular weight excluding hydrogens is 406 g/mol. The van der Waals surface area contributed by atoms with Crippen molar-refractivity contribution in [2.45, 2.75) is 6.42 Å². The predicted octanol–water partition coefficient (Wildman–Crippen LogP) is 5.29. The first kappa shape index (κ1) is 18.3. The molecule has 0 saturated carbocycles. The third kappa shape index (κ3) is 3.87. The van der Waals surface area contributed by atoms with E-state index in [0.717, 1.165) is 0 Å². The Hall–Kier alpha value is -1.46. The molecule has 3 rings (SSSR count). The highest BCUT2D eigenvalue weighted by Crippen LogP contribution is 2.36. The summed E-state index contributed by atoms with van der Waals surface area (Å²) in [5.41, 5.74) is 0.946. The quantitative estimate of drug-likeness (QED) is 0.737. The van der Waals surface area contributed by atoms with Crippen LogP contribution in [0, 0.1) is 5.92 Å². The molecule has 0 radical (unpaired) electrons. The molecule has 1 aliphatic rings. The van der Waals surface area contributed by atoms with Crippen LogP contribution in [0.3, 0.4) is 0 Å². The molecule has 2 amide bonds. The Balaban J connectivity index is 1.75. The minimum atomic E-state index is -0.519. The van der Waals surface area contributed by atoms with Crippen LogP contribution in [0.15, 0.2) is 36.4 Å². The van der Waals surface area contributed by atoms with Crippen LogP contribution in [-0.4, -0.2) is 18.4 Å². The first-order chi connectivity index (χ1) is 11.9. The van der Waals surface area contributed by atoms with Crippen LogP contribution < -0.4 is 10.2 Å². The van der Waals surface area contributed by atoms with Crippen LogP contribution in [0.25, 0.3) is 0 Å². The number of rotatable bonds is 3. The number of anilines is 2. The first-order valence-corrected chi connectivity index (χ1v) is 8.88. The van der Waals surface area contributed by atoms with E-state index in [1.807, 2.05) is 0 Å². The Kier molecular flexibility index (Phi) is 5.44. The third-order valence-electron chi connectivity index (χ3n) is 3.91. The number of halogens is 4. The zero-order valence-corrected chi connectivity index (χ0v) is 15.8. The van der Waals surface area contributed by atoms with E-state index in [-0.39, 0.29) is 24.8 Å². The van der Waals surface area contributed by atoms with Crippen molar-refractivity contribution in [3.63, 3.8) is 0 Å². The van der Waals surface area contributed by atoms with Gasteiger partial charge in [0.05, 0.1) is 32.4 Å². The van der Waals surface area contributed by atoms with E-state index in [9.17, 15) is 9.59 Å². The lowest BCUT2D eigenvalue weighted by atomic mass is 10.1. The lowest BCUT2D eigenvalue weighted by Gasteiger charge is -2.18. The molecule has 0 aromatic heterocycles. The number of nitrogens with one attached hydrogen (secondary N) is 1. The summed E-state index contributed by atoms with van der Waals surface area (Å²) in [5, 5.41) is 4.18. The summed E-state index contributed by atoms with van der Waals surface area (Å²) in [4.78, 5) is 26.3. The van der Waals surface area contributed by atoms with Gasteiger partial charge in [-0.2, -0.15) is 0 Å². The number of carbonyl (C=O) groups excluding carboxylic acids is 2. The Bertz CT molecular complexity index is 857. The predicted molar refractivity (Wildman–Crippen MR) is 102 cm³/mol. The fourth-order valence-electron chi connectivity index (χ4n) is 2.64. The summed E-state index contributed by atoms with van der Waals surface area (Å²) in [6.07, 6.45) is 0.0832. The molecule has 0 spiro atoms. The molecule has 25 heavy (non-hydrogen) atoms. The molecule has 4 nitrogen and oxygen atoms in total. The van der Waals surface area contributed by atoms with Crippen molar-refractivity contribution < 1.29 is 9.59 Å². The van der Waals surface area contributed by atoms with Crippen molar-refractivity contribution in [2.24, 2.45) is 5.92 Å². The Labute approximate surface area is 164 Å². The van der Waals surface area contributed by atoms with E-state index in [4.69, 9.17) is 46.4 Å². The molecule has 0 aliphatic carbocycles. The monoisotopic (exact) mass is 416 g/mol. The molecule has 0 bridgehead atoms. The largest absolute Gasteiger partial charge is 0.324 e. The van der Waals surface area contributed by atoms with Crippen LogP contribution in [0.2, 0.25) is 20.1 Å². The molecule has 130 valence electrons. The first-order valence-electron chi connectivity index (χ1n) is 7.37. The van der Waals surface area contributed by atoms with Gasteiger partial charge in [-0.15, -0.1) is 0 Å². The van der Waals surface area contributed by atoms with Gasteiger partial charge in [-0.05, 0) is 30.3 Å². The smallest absolute Gasteiger partial charge is 0.229 e. The normalized spacial score (nSPS) is 17.0. The minimum absolute atomic E-state index is 0.0832. The van der Waals surface area contributed by atoms with E-state index in [1.54, 1.807) is 30.3 Å². The molecule has 1 atom stereocenters. The highest BCUT2D eigenvalue weighted by atomic mass is 35.5. The Morgan fingerprint density at radius 2 is 1.84 bits per heavy atom. The van der Waals surface area contributed by atoms with Gasteiger partial charge in [0, 0.05) is 18.0 Å². The Morgan fingerprint density at radius 1 is 1.08 bits per heavy atom. The average molecular weight is 418 g/mol. The lowest BCUT2D eigenvalue weighted by molar-refractivity contribution is -0.122. The molecule has 1 N–H and O–H groups in total. The summed E-state index contributed by atoms with van der Waals surface area (Å²) < 4.78 is 0. The van der Waals surface area contributed by atoms with Crippen molar-refractivity contribution in [1.82, 2.24) is 0 Å². The van der Waals surface area contributed by atoms with Gasteiger partial charge in [0.1, 0.15) is 0 Å². The van der Waals surface area contributed by atoms with Gasteiger partial charge in [-0.25, -0.2) is 0 Å². The van der Waals surface area contributed by atoms with Gasteiger partial charge >= 0.3 is 0 Å². The summed E-state index contributed by atoms with van der Waals surface area (Å²) >= 11 is 24.1. The lowest BCUT2D eigenvalue weighted by Crippen LogP contribution is -2.28. The second kappa shape index (κ2) is 7.42. The maximum absolute atomic E-state index is 12.5. The number of amides is 2. The highest BCUT2D eigenvalue weighted by molar-refractivity contribution is 6.44. The van der Waals surface area contributed by atoms with Crippen molar-refractivity contribution in [2.75, 3.05) is 16.8 Å². The van der Waals surface area contributed by atoms with Crippen molar-refractivity contribution in [3.8, 4) is 0 Å². The van der Waals surface area contributed by atoms with Gasteiger partial charge in [-0.3, -0.25) is 9.59 Å². The van der Waals surface area contributed by atoms with E-state index in [1.165, 1.54) is 11.0 Å². The number of hydrogen-bond donors (Lipinski definition) is 1. The molecule has 1 saturated heterocycles. The fourth-order valence-corrected chi connectivity index (χ4v) is 3.50. The van der Waals surface area contributed by atoms with Crippen LogP contribution in [0.5, 0.6) is 0 Å². The third-order valence-corrected chi connectivity index (χ3v) is 5.26. The zero-order valence-electron chi connectivity index (χ0n) is 12.7. The fraction of sp³-hybridized carbons (Fsp3) is 0.176. The maximum atomic E-state index is 12.5. The standard InChI is InChI=1S/C17H12Cl4N2O2/c18-10-4-5-13(12(20)7-10)22-17(25)9-6-15(24)23(8-9)14-3-1-2-11(19)16(14)21/h1-5,7,9H,6,8H2,(H,22,25)/t9-/m1/s1. The van der Waals surface area contributed by atoms with Crippen LogP contribution in [0.1, 0.15) is 6.42 Å². The van der Waals surface area contributed by atoms with Gasteiger partial charge in [-0.1, -0.05) is 52.5 Å². The molecule has 1 fully saturated rings. The molecular formula is C17H12Cl4N2O2. The van der Waals surface area contributed by atoms with Gasteiger partial charge in [0.15, 0.2) is 0 Å². The van der Waals surface area contributed by atoms with Gasteiger partial charge < -0.3 is 10.2 Å². The second-order valence-corrected chi connectivity index (χ2v) is 7.22. The summed E-state index contributed by atoms with van der Waals surface area (Å²) in [7, 11) is 0. The molecule has 2 aromatic carbocycles. The molecule has 1 aliphatic heterocycles. The van der Waals surface area contributed by atoms with Gasteiger partial charge in [0.2, 0.25) is 11.8 Å². The van der Waals surface area contributed by atoms with Crippen LogP contribution >= 0.6 is 46.4 Å². The van der Waals surface area contributed by atoms with Crippen LogP contribution in [-0.2, 0) is 9.59 Å². The Morgan fingerprint density at radius 3 is 2.56 bits per heavy atom. The van der Waals surface area contributed by atoms with Gasteiger partial charge in [0.25, 0.3) is 0 Å². The average Bonchev–Trinajstić information content (AvgIpc) is 2.94. The number of carbonyl (C=O) groups is 2. The minimum Gasteiger partial charge on any atom is -0.324 e. The summed E-state index contributed by atoms with van der Waals surface area (Å²) in [5.74, 6) is -1.00. The molecule has 8 heteroatoms. The molecule has 1 heterocycles. The SMILES string of the molecule is O=C(Nc1ccc(Cl)cc1Cl)[C@@H]1CC(=O)N(c2cccc(Cl)c2Cl)C1. The highest BCUT2D eigenvalue weighted by Gasteiger charge is 2.36. The zero-order chi connectivity index (χ0) is 18.1.